The van der Waals surface area contributed by atoms with Crippen LogP contribution in [0.4, 0.5) is 5.82 Å². The normalized spacial score (nSPS) is 13.7. The second-order valence-electron chi connectivity index (χ2n) is 4.66. The smallest absolute Gasteiger partial charge is 0.266 e. The van der Waals surface area contributed by atoms with Gasteiger partial charge in [-0.25, -0.2) is 0 Å². The summed E-state index contributed by atoms with van der Waals surface area (Å²) in [5.41, 5.74) is 2.26. The van der Waals surface area contributed by atoms with Crippen molar-refractivity contribution in [2.24, 2.45) is 7.05 Å². The van der Waals surface area contributed by atoms with Gasteiger partial charge in [0.2, 0.25) is 0 Å². The van der Waals surface area contributed by atoms with Crippen molar-refractivity contribution in [1.29, 1.82) is 0 Å². The zero-order valence-electron chi connectivity index (χ0n) is 10.5. The van der Waals surface area contributed by atoms with E-state index in [1.165, 1.54) is 16.9 Å². The number of nitrogens with one attached hydrogen (secondary N) is 1. The van der Waals surface area contributed by atoms with Crippen LogP contribution >= 0.6 is 11.3 Å². The molecular weight excluding hydrogens is 246 g/mol. The molecule has 5 heteroatoms. The molecule has 2 aromatic rings. The number of amides is 1. The van der Waals surface area contributed by atoms with Crippen LogP contribution in [-0.2, 0) is 19.9 Å². The van der Waals surface area contributed by atoms with Crippen LogP contribution in [0.5, 0.6) is 0 Å². The zero-order valence-corrected chi connectivity index (χ0v) is 11.3. The minimum Gasteiger partial charge on any atom is -0.306 e. The lowest BCUT2D eigenvalue weighted by Gasteiger charge is -2.02. The molecule has 1 aliphatic rings. The molecule has 0 spiro atoms. The van der Waals surface area contributed by atoms with E-state index >= 15 is 0 Å². The Morgan fingerprint density at radius 3 is 2.94 bits per heavy atom. The predicted molar refractivity (Wildman–Crippen MR) is 72.2 cm³/mol. The van der Waals surface area contributed by atoms with E-state index in [9.17, 15) is 4.79 Å². The van der Waals surface area contributed by atoms with Crippen LogP contribution in [0.2, 0.25) is 0 Å². The fraction of sp³-hybridized carbons (Fsp3) is 0.385. The Labute approximate surface area is 110 Å². The van der Waals surface area contributed by atoms with Gasteiger partial charge in [0.15, 0.2) is 0 Å². The number of fused-ring (bicyclic) bond motifs is 1. The molecule has 0 aliphatic heterocycles. The van der Waals surface area contributed by atoms with E-state index in [1.807, 2.05) is 26.1 Å². The first kappa shape index (κ1) is 11.5. The largest absolute Gasteiger partial charge is 0.306 e. The zero-order chi connectivity index (χ0) is 12.7. The van der Waals surface area contributed by atoms with E-state index in [0.717, 1.165) is 29.2 Å². The van der Waals surface area contributed by atoms with E-state index in [-0.39, 0.29) is 5.91 Å². The van der Waals surface area contributed by atoms with Gasteiger partial charge in [0.25, 0.3) is 5.91 Å². The molecule has 0 fully saturated rings. The highest BCUT2D eigenvalue weighted by atomic mass is 32.1. The summed E-state index contributed by atoms with van der Waals surface area (Å²) in [7, 11) is 1.83. The van der Waals surface area contributed by atoms with Crippen molar-refractivity contribution in [1.82, 2.24) is 9.78 Å². The minimum atomic E-state index is -0.0302. The number of hydrogen-bond donors (Lipinski definition) is 1. The maximum Gasteiger partial charge on any atom is 0.266 e. The third-order valence-corrected chi connectivity index (χ3v) is 4.45. The maximum absolute atomic E-state index is 12.1. The number of rotatable bonds is 2. The van der Waals surface area contributed by atoms with Gasteiger partial charge in [-0.2, -0.15) is 5.10 Å². The lowest BCUT2D eigenvalue weighted by atomic mass is 10.2. The molecular formula is C13H15N3OS. The molecule has 3 rings (SSSR count). The van der Waals surface area contributed by atoms with Crippen molar-refractivity contribution in [2.75, 3.05) is 5.32 Å². The summed E-state index contributed by atoms with van der Waals surface area (Å²) in [4.78, 5) is 14.3. The van der Waals surface area contributed by atoms with E-state index in [0.29, 0.717) is 0 Å². The van der Waals surface area contributed by atoms with Crippen LogP contribution in [0.15, 0.2) is 12.1 Å². The topological polar surface area (TPSA) is 46.9 Å². The van der Waals surface area contributed by atoms with E-state index in [1.54, 1.807) is 16.0 Å². The monoisotopic (exact) mass is 261 g/mol. The molecule has 0 radical (unpaired) electrons. The number of anilines is 1. The Kier molecular flexibility index (Phi) is 2.70. The van der Waals surface area contributed by atoms with Crippen LogP contribution in [-0.4, -0.2) is 15.7 Å². The summed E-state index contributed by atoms with van der Waals surface area (Å²) in [6, 6.07) is 3.91. The summed E-state index contributed by atoms with van der Waals surface area (Å²) in [5, 5.41) is 7.12. The van der Waals surface area contributed by atoms with Gasteiger partial charge in [-0.3, -0.25) is 9.48 Å². The highest BCUT2D eigenvalue weighted by Gasteiger charge is 2.19. The Morgan fingerprint density at radius 1 is 1.44 bits per heavy atom. The Bertz CT molecular complexity index is 590. The maximum atomic E-state index is 12.1. The van der Waals surface area contributed by atoms with Gasteiger partial charge < -0.3 is 5.32 Å². The molecule has 0 bridgehead atoms. The summed E-state index contributed by atoms with van der Waals surface area (Å²) in [5.74, 6) is 0.712. The molecule has 2 aromatic heterocycles. The molecule has 0 saturated heterocycles. The lowest BCUT2D eigenvalue weighted by Crippen LogP contribution is -2.13. The fourth-order valence-electron chi connectivity index (χ4n) is 2.35. The molecule has 0 aromatic carbocycles. The summed E-state index contributed by atoms with van der Waals surface area (Å²) >= 11 is 1.62. The number of thiophene rings is 1. The van der Waals surface area contributed by atoms with Crippen molar-refractivity contribution in [3.8, 4) is 0 Å². The quantitative estimate of drug-likeness (QED) is 0.903. The second kappa shape index (κ2) is 4.24. The molecule has 2 heterocycles. The van der Waals surface area contributed by atoms with Crippen LogP contribution in [0, 0.1) is 6.92 Å². The Morgan fingerprint density at radius 2 is 2.28 bits per heavy atom. The average Bonchev–Trinajstić information content (AvgIpc) is 2.93. The van der Waals surface area contributed by atoms with Gasteiger partial charge in [-0.15, -0.1) is 11.3 Å². The van der Waals surface area contributed by atoms with Gasteiger partial charge >= 0.3 is 0 Å². The van der Waals surface area contributed by atoms with Gasteiger partial charge in [0, 0.05) is 18.0 Å². The van der Waals surface area contributed by atoms with Gasteiger partial charge in [-0.1, -0.05) is 0 Å². The number of carbonyl (C=O) groups is 1. The van der Waals surface area contributed by atoms with Gasteiger partial charge in [-0.05, 0) is 37.8 Å². The lowest BCUT2D eigenvalue weighted by molar-refractivity contribution is 0.102. The van der Waals surface area contributed by atoms with Crippen LogP contribution in [0.25, 0.3) is 0 Å². The first-order valence-electron chi connectivity index (χ1n) is 6.07. The molecule has 4 nitrogen and oxygen atoms in total. The summed E-state index contributed by atoms with van der Waals surface area (Å²) in [6.45, 7) is 1.91. The third kappa shape index (κ3) is 1.95. The predicted octanol–water partition coefficient (Wildman–Crippen LogP) is 2.53. The fourth-order valence-corrected chi connectivity index (χ4v) is 3.50. The average molecular weight is 261 g/mol. The highest BCUT2D eigenvalue weighted by Crippen LogP contribution is 2.30. The van der Waals surface area contributed by atoms with Crippen molar-refractivity contribution < 1.29 is 4.79 Å². The molecule has 1 N–H and O–H groups in total. The van der Waals surface area contributed by atoms with E-state index in [2.05, 4.69) is 10.4 Å². The first-order chi connectivity index (χ1) is 8.63. The SMILES string of the molecule is Cc1cc(NC(=O)c2cc3c(s2)CCC3)n(C)n1. The standard InChI is InChI=1S/C13H15N3OS/c1-8-6-12(16(2)15-8)14-13(17)11-7-9-4-3-5-10(9)18-11/h6-7H,3-5H2,1-2H3,(H,14,17). The number of nitrogens with zero attached hydrogens (tertiary/aromatic N) is 2. The number of carbonyl (C=O) groups excluding carboxylic acids is 1. The number of aromatic nitrogens is 2. The van der Waals surface area contributed by atoms with Crippen LogP contribution in [0.1, 0.15) is 32.2 Å². The van der Waals surface area contributed by atoms with Crippen molar-refractivity contribution >= 4 is 23.1 Å². The van der Waals surface area contributed by atoms with Crippen molar-refractivity contribution in [2.45, 2.75) is 26.2 Å². The second-order valence-corrected chi connectivity index (χ2v) is 5.80. The van der Waals surface area contributed by atoms with E-state index in [4.69, 9.17) is 0 Å². The summed E-state index contributed by atoms with van der Waals surface area (Å²) < 4.78 is 1.69. The Balaban J connectivity index is 1.80. The van der Waals surface area contributed by atoms with Crippen LogP contribution < -0.4 is 5.32 Å². The number of hydrogen-bond acceptors (Lipinski definition) is 3. The van der Waals surface area contributed by atoms with E-state index < -0.39 is 0 Å². The third-order valence-electron chi connectivity index (χ3n) is 3.21. The molecule has 0 unspecified atom stereocenters. The molecule has 1 aliphatic carbocycles. The van der Waals surface area contributed by atoms with Crippen molar-refractivity contribution in [3.05, 3.63) is 33.1 Å². The first-order valence-corrected chi connectivity index (χ1v) is 6.89. The molecule has 1 amide bonds. The number of aryl methyl sites for hydroxylation is 4. The van der Waals surface area contributed by atoms with Gasteiger partial charge in [0.05, 0.1) is 10.6 Å². The molecule has 0 atom stereocenters. The highest BCUT2D eigenvalue weighted by molar-refractivity contribution is 7.14. The van der Waals surface area contributed by atoms with Gasteiger partial charge in [0.1, 0.15) is 5.82 Å². The van der Waals surface area contributed by atoms with Crippen molar-refractivity contribution in [3.63, 3.8) is 0 Å². The summed E-state index contributed by atoms with van der Waals surface area (Å²) in [6.07, 6.45) is 3.46. The molecule has 0 saturated carbocycles. The molecule has 94 valence electrons. The molecule has 18 heavy (non-hydrogen) atoms. The minimum absolute atomic E-state index is 0.0302. The Hall–Kier alpha value is -1.62. The van der Waals surface area contributed by atoms with Crippen LogP contribution in [0.3, 0.4) is 0 Å².